The molecule has 0 aliphatic heterocycles. The van der Waals surface area contributed by atoms with Gasteiger partial charge in [0, 0.05) is 68.2 Å². The second-order valence-corrected chi connectivity index (χ2v) is 11.5. The fourth-order valence-corrected chi connectivity index (χ4v) is 6.75. The molecule has 0 aliphatic rings. The maximum Gasteiger partial charge on any atom is 0.241 e. The summed E-state index contributed by atoms with van der Waals surface area (Å²) in [7, 11) is 0. The summed E-state index contributed by atoms with van der Waals surface area (Å²) in [6, 6.07) is 36.9. The normalized spacial score (nSPS) is 11.8. The first-order valence-electron chi connectivity index (χ1n) is 15.3. The predicted octanol–water partition coefficient (Wildman–Crippen LogP) is 8.50. The van der Waals surface area contributed by atoms with Crippen LogP contribution in [0.15, 0.2) is 134 Å². The number of hydrogen-bond acceptors (Lipinski definition) is 7. The van der Waals surface area contributed by atoms with Crippen LogP contribution in [-0.2, 0) is 0 Å². The fourth-order valence-electron chi connectivity index (χ4n) is 6.75. The third-order valence-electron chi connectivity index (χ3n) is 8.82. The van der Waals surface area contributed by atoms with Gasteiger partial charge in [-0.1, -0.05) is 60.7 Å². The largest absolute Gasteiger partial charge is 0.256 e. The summed E-state index contributed by atoms with van der Waals surface area (Å²) in [5.74, 6) is 1.49. The first-order chi connectivity index (χ1) is 23.3. The third-order valence-corrected chi connectivity index (χ3v) is 8.82. The van der Waals surface area contributed by atoms with Crippen LogP contribution in [0.4, 0.5) is 0 Å². The van der Waals surface area contributed by atoms with Crippen LogP contribution in [0.1, 0.15) is 0 Å². The Morgan fingerprint density at radius 2 is 0.809 bits per heavy atom. The van der Waals surface area contributed by atoms with E-state index in [9.17, 15) is 0 Å². The monoisotopic (exact) mass is 602 g/mol. The van der Waals surface area contributed by atoms with Crippen molar-refractivity contribution in [2.45, 2.75) is 0 Å². The SMILES string of the molecule is c1ccc2c(c1)cc(-c1nc(-c3cc4ccccc4c4ncccc34)nc(-n3c4ncccc4c4cccnc43)n1)c1cccnc12. The van der Waals surface area contributed by atoms with Gasteiger partial charge in [-0.25, -0.2) is 19.5 Å². The number of nitrogens with zero attached hydrogens (tertiary/aromatic N) is 8. The molecule has 10 rings (SSSR count). The van der Waals surface area contributed by atoms with E-state index in [4.69, 9.17) is 34.9 Å². The van der Waals surface area contributed by atoms with Crippen LogP contribution >= 0.6 is 0 Å². The number of pyridine rings is 4. The van der Waals surface area contributed by atoms with Crippen molar-refractivity contribution in [1.29, 1.82) is 0 Å². The van der Waals surface area contributed by atoms with Gasteiger partial charge in [0.15, 0.2) is 11.6 Å². The van der Waals surface area contributed by atoms with Gasteiger partial charge in [-0.15, -0.1) is 0 Å². The summed E-state index contributed by atoms with van der Waals surface area (Å²) in [6.45, 7) is 0. The molecule has 6 aromatic heterocycles. The Balaban J connectivity index is 1.36. The first-order valence-corrected chi connectivity index (χ1v) is 15.3. The molecule has 0 amide bonds. The van der Waals surface area contributed by atoms with Crippen molar-refractivity contribution < 1.29 is 0 Å². The van der Waals surface area contributed by atoms with Crippen molar-refractivity contribution >= 4 is 65.4 Å². The van der Waals surface area contributed by atoms with Gasteiger partial charge in [-0.2, -0.15) is 9.97 Å². The number of hydrogen-bond donors (Lipinski definition) is 0. The van der Waals surface area contributed by atoms with E-state index in [-0.39, 0.29) is 0 Å². The molecule has 0 fully saturated rings. The highest BCUT2D eigenvalue weighted by Crippen LogP contribution is 2.37. The van der Waals surface area contributed by atoms with Gasteiger partial charge in [0.1, 0.15) is 11.3 Å². The second-order valence-electron chi connectivity index (χ2n) is 11.5. The topological polar surface area (TPSA) is 95.2 Å². The third kappa shape index (κ3) is 3.85. The van der Waals surface area contributed by atoms with E-state index in [1.807, 2.05) is 65.5 Å². The van der Waals surface area contributed by atoms with Gasteiger partial charge in [0.25, 0.3) is 0 Å². The van der Waals surface area contributed by atoms with E-state index in [0.29, 0.717) is 17.6 Å². The number of fused-ring (bicyclic) bond motifs is 9. The summed E-state index contributed by atoms with van der Waals surface area (Å²) in [6.07, 6.45) is 7.22. The molecule has 4 aromatic carbocycles. The maximum atomic E-state index is 5.23. The van der Waals surface area contributed by atoms with Crippen LogP contribution in [0.2, 0.25) is 0 Å². The summed E-state index contributed by atoms with van der Waals surface area (Å²) in [5, 5.41) is 8.11. The molecular weight excluding hydrogens is 580 g/mol. The van der Waals surface area contributed by atoms with E-state index < -0.39 is 0 Å². The summed E-state index contributed by atoms with van der Waals surface area (Å²) in [5.41, 5.74) is 4.95. The lowest BCUT2D eigenvalue weighted by Gasteiger charge is -2.14. The Morgan fingerprint density at radius 1 is 0.383 bits per heavy atom. The number of rotatable bonds is 3. The molecule has 8 heteroatoms. The Hall–Kier alpha value is -6.67. The van der Waals surface area contributed by atoms with Crippen LogP contribution in [0.5, 0.6) is 0 Å². The Bertz CT molecular complexity index is 2690. The lowest BCUT2D eigenvalue weighted by Crippen LogP contribution is -2.08. The van der Waals surface area contributed by atoms with Gasteiger partial charge < -0.3 is 0 Å². The van der Waals surface area contributed by atoms with Gasteiger partial charge in [-0.05, 0) is 59.3 Å². The van der Waals surface area contributed by atoms with Crippen LogP contribution in [0.3, 0.4) is 0 Å². The predicted molar refractivity (Wildman–Crippen MR) is 186 cm³/mol. The van der Waals surface area contributed by atoms with E-state index in [0.717, 1.165) is 76.5 Å². The van der Waals surface area contributed by atoms with Gasteiger partial charge in [0.05, 0.1) is 11.0 Å². The Kier molecular flexibility index (Phi) is 5.41. The average Bonchev–Trinajstić information content (AvgIpc) is 3.48. The molecule has 0 spiro atoms. The summed E-state index contributed by atoms with van der Waals surface area (Å²) in [4.78, 5) is 34.8. The van der Waals surface area contributed by atoms with Crippen LogP contribution in [-0.4, -0.2) is 39.5 Å². The van der Waals surface area contributed by atoms with Crippen molar-refractivity contribution in [3.8, 4) is 28.7 Å². The quantitative estimate of drug-likeness (QED) is 0.187. The van der Waals surface area contributed by atoms with Crippen molar-refractivity contribution in [2.24, 2.45) is 0 Å². The average molecular weight is 603 g/mol. The molecule has 0 radical (unpaired) electrons. The van der Waals surface area contributed by atoms with Crippen LogP contribution in [0, 0.1) is 0 Å². The Labute approximate surface area is 267 Å². The smallest absolute Gasteiger partial charge is 0.241 e. The van der Waals surface area contributed by atoms with Gasteiger partial charge in [-0.3, -0.25) is 9.97 Å². The zero-order valence-corrected chi connectivity index (χ0v) is 24.8. The highest BCUT2D eigenvalue weighted by Gasteiger charge is 2.22. The van der Waals surface area contributed by atoms with Crippen molar-refractivity contribution in [1.82, 2.24) is 39.5 Å². The van der Waals surface area contributed by atoms with Gasteiger partial charge in [0.2, 0.25) is 5.95 Å². The lowest BCUT2D eigenvalue weighted by atomic mass is 9.99. The zero-order chi connectivity index (χ0) is 30.9. The molecule has 10 aromatic rings. The molecule has 0 aliphatic carbocycles. The summed E-state index contributed by atoms with van der Waals surface area (Å²) < 4.78 is 1.93. The number of aromatic nitrogens is 8. The molecule has 47 heavy (non-hydrogen) atoms. The maximum absolute atomic E-state index is 5.23. The molecule has 0 saturated heterocycles. The molecule has 0 bridgehead atoms. The minimum Gasteiger partial charge on any atom is -0.256 e. The number of benzene rings is 4. The molecule has 0 saturated carbocycles. The highest BCUT2D eigenvalue weighted by molar-refractivity contribution is 6.13. The van der Waals surface area contributed by atoms with E-state index in [1.165, 1.54) is 0 Å². The minimum atomic E-state index is 0.429. The first kappa shape index (κ1) is 25.6. The standard InChI is InChI=1S/C39H22N8/c1-3-11-25-23(9-1)21-31(27-13-5-17-40-33(25)27)35-44-36(32-22-24-10-2-4-12-26(24)34-28(32)14-6-18-41-34)46-39(45-35)47-37-29(15-7-19-42-37)30-16-8-20-43-38(30)47/h1-22H. The molecular formula is C39H22N8. The molecule has 0 atom stereocenters. The lowest BCUT2D eigenvalue weighted by molar-refractivity contribution is 0.936. The zero-order valence-electron chi connectivity index (χ0n) is 24.8. The van der Waals surface area contributed by atoms with E-state index in [2.05, 4.69) is 60.7 Å². The minimum absolute atomic E-state index is 0.429. The molecule has 218 valence electrons. The van der Waals surface area contributed by atoms with E-state index in [1.54, 1.807) is 12.4 Å². The molecule has 0 unspecified atom stereocenters. The van der Waals surface area contributed by atoms with Crippen LogP contribution < -0.4 is 0 Å². The molecule has 0 N–H and O–H groups in total. The van der Waals surface area contributed by atoms with Crippen LogP contribution in [0.25, 0.3) is 94.1 Å². The van der Waals surface area contributed by atoms with E-state index >= 15 is 0 Å². The Morgan fingerprint density at radius 3 is 1.32 bits per heavy atom. The van der Waals surface area contributed by atoms with Crippen molar-refractivity contribution in [3.05, 3.63) is 134 Å². The van der Waals surface area contributed by atoms with Gasteiger partial charge >= 0.3 is 0 Å². The summed E-state index contributed by atoms with van der Waals surface area (Å²) >= 11 is 0. The second kappa shape index (κ2) is 9.92. The van der Waals surface area contributed by atoms with Crippen molar-refractivity contribution in [2.75, 3.05) is 0 Å². The highest BCUT2D eigenvalue weighted by atomic mass is 15.2. The molecule has 8 nitrogen and oxygen atoms in total. The molecule has 6 heterocycles. The fraction of sp³-hybridized carbons (Fsp3) is 0. The van der Waals surface area contributed by atoms with Crippen molar-refractivity contribution in [3.63, 3.8) is 0 Å².